The Labute approximate surface area is 187 Å². The Bertz CT molecular complexity index is 1300. The molecule has 2 amide bonds. The molecular weight excluding hydrogens is 441 g/mol. The topological polar surface area (TPSA) is 95.9 Å². The molecule has 8 heteroatoms. The van der Waals surface area contributed by atoms with Crippen molar-refractivity contribution in [1.29, 1.82) is 0 Å². The molecule has 5 rings (SSSR count). The van der Waals surface area contributed by atoms with Crippen LogP contribution in [0.3, 0.4) is 0 Å². The number of rotatable bonds is 3. The molecule has 1 radical (unpaired) electrons. The first-order valence-electron chi connectivity index (χ1n) is 10.1. The number of fused-ring (bicyclic) bond motifs is 2. The number of imide groups is 1. The van der Waals surface area contributed by atoms with E-state index in [0.29, 0.717) is 22.0 Å². The summed E-state index contributed by atoms with van der Waals surface area (Å²) in [5.41, 5.74) is 2.67. The maximum absolute atomic E-state index is 13.1. The van der Waals surface area contributed by atoms with Crippen LogP contribution in [0.5, 0.6) is 0 Å². The number of nitrogens with one attached hydrogen (secondary N) is 1. The van der Waals surface area contributed by atoms with Crippen LogP contribution in [0, 0.1) is 0 Å². The van der Waals surface area contributed by atoms with Gasteiger partial charge >= 0.3 is 16.8 Å². The summed E-state index contributed by atoms with van der Waals surface area (Å²) in [6.07, 6.45) is 4.76. The first-order valence-corrected chi connectivity index (χ1v) is 10.1. The zero-order chi connectivity index (χ0) is 20.8. The van der Waals surface area contributed by atoms with Crippen LogP contribution in [-0.2, 0) is 16.8 Å². The molecule has 0 aromatic heterocycles. The van der Waals surface area contributed by atoms with E-state index in [-0.39, 0.29) is 45.6 Å². The minimum atomic E-state index is -0.457. The van der Waals surface area contributed by atoms with E-state index in [0.717, 1.165) is 32.1 Å². The minimum absolute atomic E-state index is 0. The molecule has 157 valence electrons. The van der Waals surface area contributed by atoms with E-state index in [4.69, 9.17) is 0 Å². The quantitative estimate of drug-likeness (QED) is 0.478. The largest absolute Gasteiger partial charge is 2.00 e. The van der Waals surface area contributed by atoms with E-state index in [1.54, 1.807) is 42.5 Å². The van der Waals surface area contributed by atoms with Crippen molar-refractivity contribution in [2.24, 2.45) is 5.10 Å². The van der Waals surface area contributed by atoms with Crippen LogP contribution in [0.1, 0.15) is 52.8 Å². The maximum Gasteiger partial charge on any atom is 2.00 e. The molecular formula is C23H19CoN3O4+2. The second-order valence-electron chi connectivity index (χ2n) is 7.78. The van der Waals surface area contributed by atoms with Gasteiger partial charge in [0, 0.05) is 16.8 Å². The molecule has 1 aliphatic heterocycles. The number of hydrogen-bond acceptors (Lipinski definition) is 6. The summed E-state index contributed by atoms with van der Waals surface area (Å²) in [5, 5.41) is 4.43. The average Bonchev–Trinajstić information content (AvgIpc) is 3.18. The van der Waals surface area contributed by atoms with Gasteiger partial charge in [-0.3, -0.25) is 29.5 Å². The Kier molecular flexibility index (Phi) is 5.59. The van der Waals surface area contributed by atoms with Crippen molar-refractivity contribution >= 4 is 28.3 Å². The summed E-state index contributed by atoms with van der Waals surface area (Å²) in [6, 6.07) is 11.4. The van der Waals surface area contributed by atoms with Crippen molar-refractivity contribution in [1.82, 2.24) is 4.90 Å². The van der Waals surface area contributed by atoms with Crippen molar-refractivity contribution in [3.63, 3.8) is 0 Å². The van der Waals surface area contributed by atoms with Gasteiger partial charge in [0.15, 0.2) is 5.36 Å². The maximum atomic E-state index is 13.1. The molecule has 1 N–H and O–H groups in total. The fourth-order valence-corrected chi connectivity index (χ4v) is 4.52. The van der Waals surface area contributed by atoms with Gasteiger partial charge in [-0.15, -0.1) is 0 Å². The SMILES string of the molecule is O=C1c2cccc(NN=c3c(=O)c4ccccc4c3=O)c2C(=O)N1C1CCCCC1.[Co+2]. The summed E-state index contributed by atoms with van der Waals surface area (Å²) >= 11 is 0. The van der Waals surface area contributed by atoms with Crippen LogP contribution in [-0.4, -0.2) is 22.8 Å². The molecule has 1 fully saturated rings. The summed E-state index contributed by atoms with van der Waals surface area (Å²) in [5.74, 6) is -0.642. The van der Waals surface area contributed by atoms with Crippen molar-refractivity contribution in [2.45, 2.75) is 38.1 Å². The Hall–Kier alpha value is -3.10. The zero-order valence-electron chi connectivity index (χ0n) is 16.5. The fraction of sp³-hybridized carbons (Fsp3) is 0.261. The molecule has 7 nitrogen and oxygen atoms in total. The van der Waals surface area contributed by atoms with Gasteiger partial charge in [-0.25, -0.2) is 0 Å². The molecule has 3 aromatic rings. The number of benzene rings is 2. The molecule has 0 atom stereocenters. The smallest absolute Gasteiger partial charge is 0.287 e. The van der Waals surface area contributed by atoms with Crippen molar-refractivity contribution in [2.75, 3.05) is 5.43 Å². The van der Waals surface area contributed by atoms with Crippen LogP contribution < -0.4 is 21.6 Å². The third-order valence-electron chi connectivity index (χ3n) is 6.02. The Morgan fingerprint density at radius 1 is 0.806 bits per heavy atom. The van der Waals surface area contributed by atoms with Crippen LogP contribution in [0.4, 0.5) is 5.69 Å². The van der Waals surface area contributed by atoms with Gasteiger partial charge in [-0.05, 0) is 25.0 Å². The van der Waals surface area contributed by atoms with Gasteiger partial charge in [0.25, 0.3) is 11.8 Å². The summed E-state index contributed by atoms with van der Waals surface area (Å²) in [6.45, 7) is 0. The zero-order valence-corrected chi connectivity index (χ0v) is 17.6. The van der Waals surface area contributed by atoms with Crippen molar-refractivity contribution < 1.29 is 26.4 Å². The molecule has 2 aliphatic rings. The van der Waals surface area contributed by atoms with Crippen LogP contribution in [0.15, 0.2) is 57.2 Å². The Morgan fingerprint density at radius 2 is 1.45 bits per heavy atom. The second kappa shape index (κ2) is 8.20. The summed E-state index contributed by atoms with van der Waals surface area (Å²) in [7, 11) is 0. The molecule has 1 heterocycles. The Morgan fingerprint density at radius 3 is 2.10 bits per heavy atom. The first-order chi connectivity index (χ1) is 14.6. The van der Waals surface area contributed by atoms with Crippen LogP contribution in [0.2, 0.25) is 0 Å². The molecule has 3 aromatic carbocycles. The molecule has 0 spiro atoms. The average molecular weight is 460 g/mol. The number of anilines is 1. The van der Waals surface area contributed by atoms with E-state index in [2.05, 4.69) is 10.5 Å². The van der Waals surface area contributed by atoms with Crippen LogP contribution in [0.25, 0.3) is 10.8 Å². The van der Waals surface area contributed by atoms with Gasteiger partial charge in [-0.2, -0.15) is 5.10 Å². The Balaban J connectivity index is 0.00000231. The molecule has 0 bridgehead atoms. The van der Waals surface area contributed by atoms with Crippen molar-refractivity contribution in [3.8, 4) is 0 Å². The molecule has 0 saturated heterocycles. The normalized spacial score (nSPS) is 16.3. The standard InChI is InChI=1S/C23H19N3O4.Co/c27-20-14-9-4-5-10-15(14)21(28)19(20)25-24-17-12-6-11-16-18(17)23(30)26(22(16)29)13-7-2-1-3-8-13;/h4-6,9-13,24H,1-3,7-8H2;/q;+2. The predicted octanol–water partition coefficient (Wildman–Crippen LogP) is 2.29. The second-order valence-corrected chi connectivity index (χ2v) is 7.78. The van der Waals surface area contributed by atoms with Gasteiger partial charge in [0.1, 0.15) is 0 Å². The number of amides is 2. The third kappa shape index (κ3) is 3.32. The summed E-state index contributed by atoms with van der Waals surface area (Å²) in [4.78, 5) is 52.4. The molecule has 0 unspecified atom stereocenters. The van der Waals surface area contributed by atoms with E-state index >= 15 is 0 Å². The van der Waals surface area contributed by atoms with Crippen molar-refractivity contribution in [3.05, 3.63) is 79.4 Å². The van der Waals surface area contributed by atoms with E-state index in [1.165, 1.54) is 4.90 Å². The molecule has 31 heavy (non-hydrogen) atoms. The van der Waals surface area contributed by atoms with Gasteiger partial charge in [-0.1, -0.05) is 49.6 Å². The number of nitrogens with zero attached hydrogens (tertiary/aromatic N) is 2. The monoisotopic (exact) mass is 460 g/mol. The number of carbonyl (C=O) groups is 2. The molecule has 1 saturated carbocycles. The van der Waals surface area contributed by atoms with Crippen LogP contribution >= 0.6 is 0 Å². The van der Waals surface area contributed by atoms with E-state index in [9.17, 15) is 19.2 Å². The predicted molar refractivity (Wildman–Crippen MR) is 112 cm³/mol. The third-order valence-corrected chi connectivity index (χ3v) is 6.02. The van der Waals surface area contributed by atoms with Gasteiger partial charge < -0.3 is 0 Å². The molecule has 1 aliphatic carbocycles. The van der Waals surface area contributed by atoms with Gasteiger partial charge in [0.2, 0.25) is 10.9 Å². The summed E-state index contributed by atoms with van der Waals surface area (Å²) < 4.78 is 0. The minimum Gasteiger partial charge on any atom is -0.287 e. The number of carbonyl (C=O) groups excluding carboxylic acids is 2. The van der Waals surface area contributed by atoms with E-state index in [1.807, 2.05) is 0 Å². The number of hydrogen-bond donors (Lipinski definition) is 1. The first kappa shape index (κ1) is 21.1. The fourth-order valence-electron chi connectivity index (χ4n) is 4.52. The van der Waals surface area contributed by atoms with E-state index < -0.39 is 10.9 Å². The van der Waals surface area contributed by atoms with Gasteiger partial charge in [0.05, 0.1) is 16.8 Å².